The molecule has 6 heteroatoms. The molecule has 20 heavy (non-hydrogen) atoms. The maximum atomic E-state index is 11.2. The Morgan fingerprint density at radius 1 is 1.45 bits per heavy atom. The molecule has 112 valence electrons. The van der Waals surface area contributed by atoms with Crippen LogP contribution < -0.4 is 9.46 Å². The van der Waals surface area contributed by atoms with Crippen molar-refractivity contribution >= 4 is 10.0 Å². The summed E-state index contributed by atoms with van der Waals surface area (Å²) in [6, 6.07) is 6.09. The number of rotatable bonds is 5. The zero-order chi connectivity index (χ0) is 14.8. The van der Waals surface area contributed by atoms with Gasteiger partial charge in [0.15, 0.2) is 0 Å². The summed E-state index contributed by atoms with van der Waals surface area (Å²) < 4.78 is 30.3. The molecule has 0 aromatic heterocycles. The van der Waals surface area contributed by atoms with Gasteiger partial charge < -0.3 is 4.74 Å². The van der Waals surface area contributed by atoms with Crippen LogP contribution in [0.4, 0.5) is 0 Å². The summed E-state index contributed by atoms with van der Waals surface area (Å²) in [5.41, 5.74) is 2.45. The largest absolute Gasteiger partial charge is 0.497 e. The average molecular weight is 298 g/mol. The number of hydrogen-bond acceptors (Lipinski definition) is 4. The molecule has 5 nitrogen and oxygen atoms in total. The third kappa shape index (κ3) is 4.19. The molecule has 2 rings (SSSR count). The van der Waals surface area contributed by atoms with Gasteiger partial charge in [-0.25, -0.2) is 13.1 Å². The molecule has 1 fully saturated rings. The Morgan fingerprint density at radius 2 is 2.20 bits per heavy atom. The Bertz CT molecular complexity index is 572. The highest BCUT2D eigenvalue weighted by atomic mass is 32.2. The van der Waals surface area contributed by atoms with Gasteiger partial charge in [-0.15, -0.1) is 0 Å². The van der Waals surface area contributed by atoms with Crippen molar-refractivity contribution in [1.29, 1.82) is 0 Å². The van der Waals surface area contributed by atoms with Gasteiger partial charge in [0.1, 0.15) is 5.75 Å². The van der Waals surface area contributed by atoms with Crippen molar-refractivity contribution in [3.05, 3.63) is 29.3 Å². The first-order valence-electron chi connectivity index (χ1n) is 6.70. The summed E-state index contributed by atoms with van der Waals surface area (Å²) in [5.74, 6) is 0.865. The molecule has 0 aliphatic carbocycles. The van der Waals surface area contributed by atoms with Crippen molar-refractivity contribution < 1.29 is 13.2 Å². The Morgan fingerprint density at radius 3 is 2.80 bits per heavy atom. The number of hydrogen-bond donors (Lipinski definition) is 1. The minimum absolute atomic E-state index is 0.0311. The van der Waals surface area contributed by atoms with E-state index in [2.05, 4.69) is 22.6 Å². The number of benzene rings is 1. The third-order valence-electron chi connectivity index (χ3n) is 3.60. The Labute approximate surface area is 121 Å². The predicted molar refractivity (Wildman–Crippen MR) is 79.4 cm³/mol. The highest BCUT2D eigenvalue weighted by molar-refractivity contribution is 7.88. The molecule has 1 aliphatic heterocycles. The number of likely N-dealkylation sites (tertiary alicyclic amines) is 1. The predicted octanol–water partition coefficient (Wildman–Crippen LogP) is 1.13. The molecule has 1 saturated heterocycles. The molecule has 1 atom stereocenters. The lowest BCUT2D eigenvalue weighted by molar-refractivity contribution is 0.323. The highest BCUT2D eigenvalue weighted by Crippen LogP contribution is 2.20. The zero-order valence-corrected chi connectivity index (χ0v) is 13.0. The minimum atomic E-state index is -3.11. The summed E-state index contributed by atoms with van der Waals surface area (Å²) in [7, 11) is -1.45. The van der Waals surface area contributed by atoms with Gasteiger partial charge in [0.2, 0.25) is 10.0 Å². The van der Waals surface area contributed by atoms with Gasteiger partial charge in [-0.2, -0.15) is 0 Å². The fourth-order valence-electron chi connectivity index (χ4n) is 2.59. The molecule has 0 bridgehead atoms. The van der Waals surface area contributed by atoms with Crippen molar-refractivity contribution in [2.45, 2.75) is 25.9 Å². The van der Waals surface area contributed by atoms with E-state index in [-0.39, 0.29) is 6.04 Å². The molecule has 1 unspecified atom stereocenters. The van der Waals surface area contributed by atoms with Gasteiger partial charge in [0.25, 0.3) is 0 Å². The zero-order valence-electron chi connectivity index (χ0n) is 12.2. The van der Waals surface area contributed by atoms with E-state index in [0.29, 0.717) is 0 Å². The summed E-state index contributed by atoms with van der Waals surface area (Å²) in [6.07, 6.45) is 2.07. The van der Waals surface area contributed by atoms with Crippen LogP contribution in [-0.4, -0.2) is 45.8 Å². The van der Waals surface area contributed by atoms with Crippen LogP contribution in [0.2, 0.25) is 0 Å². The van der Waals surface area contributed by atoms with Crippen LogP contribution in [0, 0.1) is 6.92 Å². The fourth-order valence-corrected chi connectivity index (χ4v) is 3.39. The van der Waals surface area contributed by atoms with Crippen molar-refractivity contribution in [2.24, 2.45) is 0 Å². The molecule has 0 radical (unpaired) electrons. The van der Waals surface area contributed by atoms with Gasteiger partial charge in [-0.05, 0) is 36.6 Å². The van der Waals surface area contributed by atoms with E-state index in [1.807, 2.05) is 12.1 Å². The normalized spacial score (nSPS) is 20.2. The molecule has 0 spiro atoms. The molecule has 1 heterocycles. The lowest BCUT2D eigenvalue weighted by atomic mass is 10.1. The smallest absolute Gasteiger partial charge is 0.208 e. The van der Waals surface area contributed by atoms with E-state index in [4.69, 9.17) is 4.74 Å². The van der Waals surface area contributed by atoms with Crippen LogP contribution in [0.25, 0.3) is 0 Å². The van der Waals surface area contributed by atoms with Crippen molar-refractivity contribution in [3.63, 3.8) is 0 Å². The number of methoxy groups -OCH3 is 1. The lowest BCUT2D eigenvalue weighted by Gasteiger charge is -2.18. The third-order valence-corrected chi connectivity index (χ3v) is 4.36. The first-order chi connectivity index (χ1) is 9.37. The van der Waals surface area contributed by atoms with Gasteiger partial charge in [-0.3, -0.25) is 4.90 Å². The Kier molecular flexibility index (Phi) is 4.67. The standard InChI is InChI=1S/C14H22N2O3S/c1-11-8-14(19-2)5-4-12(11)9-16-7-6-13(10-16)15-20(3,17)18/h4-5,8,13,15H,6-7,9-10H2,1-3H3. The lowest BCUT2D eigenvalue weighted by Crippen LogP contribution is -2.36. The first kappa shape index (κ1) is 15.3. The summed E-state index contributed by atoms with van der Waals surface area (Å²) in [5, 5.41) is 0. The molecule has 1 aromatic carbocycles. The highest BCUT2D eigenvalue weighted by Gasteiger charge is 2.24. The number of ether oxygens (including phenoxy) is 1. The molecule has 1 N–H and O–H groups in total. The van der Waals surface area contributed by atoms with Crippen molar-refractivity contribution in [1.82, 2.24) is 9.62 Å². The second kappa shape index (κ2) is 6.11. The monoisotopic (exact) mass is 298 g/mol. The van der Waals surface area contributed by atoms with E-state index in [9.17, 15) is 8.42 Å². The van der Waals surface area contributed by atoms with Gasteiger partial charge in [-0.1, -0.05) is 6.07 Å². The van der Waals surface area contributed by atoms with E-state index in [1.165, 1.54) is 17.4 Å². The van der Waals surface area contributed by atoms with E-state index < -0.39 is 10.0 Å². The number of aryl methyl sites for hydroxylation is 1. The van der Waals surface area contributed by atoms with Crippen molar-refractivity contribution in [2.75, 3.05) is 26.5 Å². The second-order valence-electron chi connectivity index (χ2n) is 5.40. The van der Waals surface area contributed by atoms with Crippen LogP contribution in [0.5, 0.6) is 5.75 Å². The molecule has 0 saturated carbocycles. The van der Waals surface area contributed by atoms with Gasteiger partial charge in [0.05, 0.1) is 13.4 Å². The molecular formula is C14H22N2O3S. The molecule has 1 aliphatic rings. The first-order valence-corrected chi connectivity index (χ1v) is 8.59. The number of nitrogens with one attached hydrogen (secondary N) is 1. The Balaban J connectivity index is 1.95. The van der Waals surface area contributed by atoms with Gasteiger partial charge >= 0.3 is 0 Å². The topological polar surface area (TPSA) is 58.6 Å². The molecular weight excluding hydrogens is 276 g/mol. The average Bonchev–Trinajstić information content (AvgIpc) is 2.76. The van der Waals surface area contributed by atoms with E-state index in [1.54, 1.807) is 7.11 Å². The van der Waals surface area contributed by atoms with Crippen LogP contribution in [0.3, 0.4) is 0 Å². The Hall–Kier alpha value is -1.11. The maximum absolute atomic E-state index is 11.2. The molecule has 1 aromatic rings. The fraction of sp³-hybridized carbons (Fsp3) is 0.571. The summed E-state index contributed by atoms with van der Waals surface area (Å²) in [4.78, 5) is 2.28. The minimum Gasteiger partial charge on any atom is -0.497 e. The van der Waals surface area contributed by atoms with Gasteiger partial charge in [0, 0.05) is 25.7 Å². The van der Waals surface area contributed by atoms with Crippen molar-refractivity contribution in [3.8, 4) is 5.75 Å². The maximum Gasteiger partial charge on any atom is 0.208 e. The molecule has 0 amide bonds. The number of sulfonamides is 1. The van der Waals surface area contributed by atoms with E-state index in [0.717, 1.165) is 31.8 Å². The summed E-state index contributed by atoms with van der Waals surface area (Å²) in [6.45, 7) is 4.59. The second-order valence-corrected chi connectivity index (χ2v) is 7.18. The van der Waals surface area contributed by atoms with Crippen LogP contribution in [0.1, 0.15) is 17.5 Å². The van der Waals surface area contributed by atoms with Crippen LogP contribution >= 0.6 is 0 Å². The van der Waals surface area contributed by atoms with Crippen LogP contribution in [-0.2, 0) is 16.6 Å². The number of nitrogens with zero attached hydrogens (tertiary/aromatic N) is 1. The van der Waals surface area contributed by atoms with Crippen LogP contribution in [0.15, 0.2) is 18.2 Å². The van der Waals surface area contributed by atoms with E-state index >= 15 is 0 Å². The SMILES string of the molecule is COc1ccc(CN2CCC(NS(C)(=O)=O)C2)c(C)c1. The summed E-state index contributed by atoms with van der Waals surface area (Å²) >= 11 is 0. The quantitative estimate of drug-likeness (QED) is 0.885.